The zero-order valence-electron chi connectivity index (χ0n) is 11.0. The van der Waals surface area contributed by atoms with Crippen molar-refractivity contribution in [3.05, 3.63) is 29.8 Å². The smallest absolute Gasteiger partial charge is 0.241 e. The Kier molecular flexibility index (Phi) is 5.12. The van der Waals surface area contributed by atoms with Crippen molar-refractivity contribution in [2.75, 3.05) is 13.7 Å². The molecule has 5 heteroatoms. The molecule has 0 aliphatic rings. The summed E-state index contributed by atoms with van der Waals surface area (Å²) < 4.78 is 10.7. The Balaban J connectivity index is 2.48. The van der Waals surface area contributed by atoms with E-state index in [0.717, 1.165) is 11.3 Å². The maximum atomic E-state index is 11.4. The molecule has 18 heavy (non-hydrogen) atoms. The van der Waals surface area contributed by atoms with Crippen LogP contribution in [0.15, 0.2) is 24.3 Å². The number of nitrogens with one attached hydrogen (secondary N) is 1. The van der Waals surface area contributed by atoms with Crippen LogP contribution in [-0.2, 0) is 16.1 Å². The molecule has 0 aromatic heterocycles. The topological polar surface area (TPSA) is 73.6 Å². The highest BCUT2D eigenvalue weighted by Crippen LogP contribution is 2.17. The molecule has 0 spiro atoms. The monoisotopic (exact) mass is 252 g/mol. The minimum Gasteiger partial charge on any atom is -0.497 e. The van der Waals surface area contributed by atoms with E-state index >= 15 is 0 Å². The largest absolute Gasteiger partial charge is 0.497 e. The number of hydrogen-bond acceptors (Lipinski definition) is 4. The van der Waals surface area contributed by atoms with E-state index in [1.165, 1.54) is 0 Å². The van der Waals surface area contributed by atoms with E-state index < -0.39 is 5.41 Å². The van der Waals surface area contributed by atoms with Crippen LogP contribution in [0.2, 0.25) is 0 Å². The highest BCUT2D eigenvalue weighted by molar-refractivity contribution is 5.81. The lowest BCUT2D eigenvalue weighted by molar-refractivity contribution is -0.132. The van der Waals surface area contributed by atoms with Gasteiger partial charge in [-0.2, -0.15) is 0 Å². The summed E-state index contributed by atoms with van der Waals surface area (Å²) in [4.78, 5) is 11.4. The first-order valence-corrected chi connectivity index (χ1v) is 5.71. The molecule has 1 aromatic rings. The second-order valence-electron chi connectivity index (χ2n) is 4.70. The lowest BCUT2D eigenvalue weighted by Gasteiger charge is -2.22. The van der Waals surface area contributed by atoms with Gasteiger partial charge in [0.25, 0.3) is 0 Å². The van der Waals surface area contributed by atoms with Gasteiger partial charge in [-0.05, 0) is 31.5 Å². The van der Waals surface area contributed by atoms with Crippen LogP contribution in [0.5, 0.6) is 5.75 Å². The van der Waals surface area contributed by atoms with Crippen LogP contribution >= 0.6 is 0 Å². The fraction of sp³-hybridized carbons (Fsp3) is 0.462. The Bertz CT molecular complexity index is 405. The predicted octanol–water partition coefficient (Wildman–Crippen LogP) is 1.23. The molecule has 1 amide bonds. The summed E-state index contributed by atoms with van der Waals surface area (Å²) in [5.74, 6) is 5.65. The van der Waals surface area contributed by atoms with Crippen LogP contribution < -0.4 is 16.0 Å². The van der Waals surface area contributed by atoms with Crippen LogP contribution in [0.4, 0.5) is 0 Å². The van der Waals surface area contributed by atoms with Crippen LogP contribution in [0, 0.1) is 5.41 Å². The first-order chi connectivity index (χ1) is 8.49. The minimum atomic E-state index is -0.645. The number of carbonyl (C=O) groups excluding carboxylic acids is 1. The first kappa shape index (κ1) is 14.5. The molecule has 0 saturated heterocycles. The van der Waals surface area contributed by atoms with E-state index in [2.05, 4.69) is 5.43 Å². The van der Waals surface area contributed by atoms with Gasteiger partial charge in [0.15, 0.2) is 0 Å². The van der Waals surface area contributed by atoms with Crippen molar-refractivity contribution in [3.63, 3.8) is 0 Å². The molecule has 1 aromatic carbocycles. The third-order valence-corrected chi connectivity index (χ3v) is 2.61. The van der Waals surface area contributed by atoms with E-state index in [1.54, 1.807) is 21.0 Å². The molecule has 0 heterocycles. The number of nitrogens with two attached hydrogens (primary N) is 1. The maximum absolute atomic E-state index is 11.4. The Morgan fingerprint density at radius 1 is 1.44 bits per heavy atom. The third kappa shape index (κ3) is 4.01. The van der Waals surface area contributed by atoms with Crippen molar-refractivity contribution < 1.29 is 14.3 Å². The molecule has 5 nitrogen and oxygen atoms in total. The van der Waals surface area contributed by atoms with E-state index in [4.69, 9.17) is 15.3 Å². The number of carbonyl (C=O) groups is 1. The van der Waals surface area contributed by atoms with Gasteiger partial charge in [0, 0.05) is 0 Å². The summed E-state index contributed by atoms with van der Waals surface area (Å²) in [6, 6.07) is 7.61. The van der Waals surface area contributed by atoms with Crippen LogP contribution in [-0.4, -0.2) is 19.6 Å². The second kappa shape index (κ2) is 6.37. The van der Waals surface area contributed by atoms with Crippen LogP contribution in [0.1, 0.15) is 19.4 Å². The third-order valence-electron chi connectivity index (χ3n) is 2.61. The number of rotatable bonds is 6. The van der Waals surface area contributed by atoms with E-state index in [1.807, 2.05) is 24.3 Å². The molecule has 0 aliphatic carbocycles. The normalized spacial score (nSPS) is 11.1. The van der Waals surface area contributed by atoms with Gasteiger partial charge in [0.1, 0.15) is 5.75 Å². The molecule has 1 rings (SSSR count). The van der Waals surface area contributed by atoms with Gasteiger partial charge in [0.05, 0.1) is 25.7 Å². The lowest BCUT2D eigenvalue weighted by Crippen LogP contribution is -2.43. The number of amides is 1. The number of ether oxygens (including phenoxy) is 2. The van der Waals surface area contributed by atoms with Crippen molar-refractivity contribution in [2.24, 2.45) is 11.3 Å². The van der Waals surface area contributed by atoms with Gasteiger partial charge in [-0.3, -0.25) is 10.2 Å². The molecule has 0 bridgehead atoms. The van der Waals surface area contributed by atoms with Gasteiger partial charge in [-0.15, -0.1) is 0 Å². The summed E-state index contributed by atoms with van der Waals surface area (Å²) in [6.45, 7) is 4.28. The minimum absolute atomic E-state index is 0.242. The molecule has 0 saturated carbocycles. The number of methoxy groups -OCH3 is 1. The highest BCUT2D eigenvalue weighted by atomic mass is 16.5. The van der Waals surface area contributed by atoms with E-state index in [-0.39, 0.29) is 5.91 Å². The average molecular weight is 252 g/mol. The summed E-state index contributed by atoms with van der Waals surface area (Å²) in [5.41, 5.74) is 2.49. The van der Waals surface area contributed by atoms with Crippen LogP contribution in [0.25, 0.3) is 0 Å². The summed E-state index contributed by atoms with van der Waals surface area (Å²) in [6.07, 6.45) is 0. The second-order valence-corrected chi connectivity index (χ2v) is 4.70. The molecule has 100 valence electrons. The zero-order valence-corrected chi connectivity index (χ0v) is 11.0. The predicted molar refractivity (Wildman–Crippen MR) is 68.8 cm³/mol. The summed E-state index contributed by atoms with van der Waals surface area (Å²) in [5, 5.41) is 0. The molecular weight excluding hydrogens is 232 g/mol. The van der Waals surface area contributed by atoms with Crippen LogP contribution in [0.3, 0.4) is 0 Å². The molecule has 0 fully saturated rings. The average Bonchev–Trinajstić information content (AvgIpc) is 2.37. The molecule has 0 radical (unpaired) electrons. The van der Waals surface area contributed by atoms with E-state index in [0.29, 0.717) is 13.2 Å². The molecular formula is C13H20N2O3. The standard InChI is InChI=1S/C13H20N2O3/c1-13(2,12(16)15-14)9-18-8-10-5-4-6-11(7-10)17-3/h4-7H,8-9,14H2,1-3H3,(H,15,16). The Hall–Kier alpha value is -1.59. The summed E-state index contributed by atoms with van der Waals surface area (Å²) in [7, 11) is 1.62. The first-order valence-electron chi connectivity index (χ1n) is 5.71. The van der Waals surface area contributed by atoms with Gasteiger partial charge in [-0.1, -0.05) is 12.1 Å². The lowest BCUT2D eigenvalue weighted by atomic mass is 9.94. The Morgan fingerprint density at radius 3 is 2.78 bits per heavy atom. The maximum Gasteiger partial charge on any atom is 0.241 e. The van der Waals surface area contributed by atoms with Crippen molar-refractivity contribution in [2.45, 2.75) is 20.5 Å². The highest BCUT2D eigenvalue weighted by Gasteiger charge is 2.27. The van der Waals surface area contributed by atoms with Crippen molar-refractivity contribution in [1.82, 2.24) is 5.43 Å². The fourth-order valence-corrected chi connectivity index (χ4v) is 1.45. The van der Waals surface area contributed by atoms with Gasteiger partial charge in [-0.25, -0.2) is 5.84 Å². The quantitative estimate of drug-likeness (QED) is 0.453. The van der Waals surface area contributed by atoms with Crippen molar-refractivity contribution >= 4 is 5.91 Å². The SMILES string of the molecule is COc1cccc(COCC(C)(C)C(=O)NN)c1. The Labute approximate surface area is 107 Å². The van der Waals surface area contributed by atoms with Gasteiger partial charge in [0.2, 0.25) is 5.91 Å². The van der Waals surface area contributed by atoms with Crippen molar-refractivity contribution in [1.29, 1.82) is 0 Å². The number of hydrogen-bond donors (Lipinski definition) is 2. The molecule has 0 atom stereocenters. The molecule has 0 unspecified atom stereocenters. The zero-order chi connectivity index (χ0) is 13.6. The molecule has 3 N–H and O–H groups in total. The number of benzene rings is 1. The molecule has 0 aliphatic heterocycles. The summed E-state index contributed by atoms with van der Waals surface area (Å²) >= 11 is 0. The van der Waals surface area contributed by atoms with Gasteiger partial charge >= 0.3 is 0 Å². The van der Waals surface area contributed by atoms with E-state index in [9.17, 15) is 4.79 Å². The Morgan fingerprint density at radius 2 is 2.17 bits per heavy atom. The number of hydrazine groups is 1. The van der Waals surface area contributed by atoms with Gasteiger partial charge < -0.3 is 9.47 Å². The van der Waals surface area contributed by atoms with Crippen molar-refractivity contribution in [3.8, 4) is 5.75 Å². The fourth-order valence-electron chi connectivity index (χ4n) is 1.45.